The second-order valence-electron chi connectivity index (χ2n) is 8.03. The number of ether oxygens (including phenoxy) is 1. The quantitative estimate of drug-likeness (QED) is 0.462. The van der Waals surface area contributed by atoms with Crippen LogP contribution in [0.5, 0.6) is 0 Å². The Kier molecular flexibility index (Phi) is 4.47. The zero-order valence-electron chi connectivity index (χ0n) is 16.9. The molecule has 0 amide bonds. The van der Waals surface area contributed by atoms with Gasteiger partial charge < -0.3 is 9.64 Å². The summed E-state index contributed by atoms with van der Waals surface area (Å²) >= 11 is 0. The van der Waals surface area contributed by atoms with Gasteiger partial charge in [0.05, 0.1) is 52.2 Å². The van der Waals surface area contributed by atoms with E-state index in [1.807, 2.05) is 18.3 Å². The molecule has 2 fully saturated rings. The Labute approximate surface area is 183 Å². The molecule has 32 heavy (non-hydrogen) atoms. The van der Waals surface area contributed by atoms with Crippen molar-refractivity contribution in [2.45, 2.75) is 28.9 Å². The van der Waals surface area contributed by atoms with Crippen molar-refractivity contribution in [3.8, 4) is 5.69 Å². The van der Waals surface area contributed by atoms with Crippen LogP contribution in [0.1, 0.15) is 12.8 Å². The molecule has 2 aliphatic rings. The molecule has 0 radical (unpaired) electrons. The maximum absolute atomic E-state index is 13.1. The molecule has 0 bridgehead atoms. The molecule has 0 aromatic carbocycles. The number of anilines is 1. The van der Waals surface area contributed by atoms with Gasteiger partial charge in [-0.05, 0) is 18.2 Å². The highest BCUT2D eigenvalue weighted by molar-refractivity contribution is 7.85. The number of hydrogen-bond donors (Lipinski definition) is 0. The van der Waals surface area contributed by atoms with Crippen molar-refractivity contribution >= 4 is 33.4 Å². The highest BCUT2D eigenvalue weighted by Crippen LogP contribution is 2.42. The highest BCUT2D eigenvalue weighted by Gasteiger charge is 2.48. The number of nitrogens with zero attached hydrogens (tertiary/aromatic N) is 7. The summed E-state index contributed by atoms with van der Waals surface area (Å²) in [5.41, 5.74) is 2.04. The minimum absolute atomic E-state index is 0.346. The van der Waals surface area contributed by atoms with E-state index < -0.39 is 22.0 Å². The molecular formula is C20H19F2N7O2S. The Balaban J connectivity index is 1.30. The smallest absolute Gasteiger partial charge is 0.250 e. The van der Waals surface area contributed by atoms with Gasteiger partial charge >= 0.3 is 0 Å². The molecular weight excluding hydrogens is 440 g/mol. The predicted octanol–water partition coefficient (Wildman–Crippen LogP) is 2.21. The summed E-state index contributed by atoms with van der Waals surface area (Å²) in [5, 5.41) is 9.16. The molecule has 1 saturated heterocycles. The first kappa shape index (κ1) is 19.7. The predicted molar refractivity (Wildman–Crippen MR) is 113 cm³/mol. The first-order chi connectivity index (χ1) is 15.5. The zero-order chi connectivity index (χ0) is 21.9. The molecule has 5 heterocycles. The van der Waals surface area contributed by atoms with Crippen LogP contribution >= 0.6 is 0 Å². The molecule has 12 heteroatoms. The lowest BCUT2D eigenvalue weighted by Crippen LogP contribution is -2.42. The van der Waals surface area contributed by atoms with Gasteiger partial charge in [0.1, 0.15) is 0 Å². The Morgan fingerprint density at radius 1 is 1.16 bits per heavy atom. The van der Waals surface area contributed by atoms with Crippen LogP contribution in [-0.4, -0.2) is 71.0 Å². The van der Waals surface area contributed by atoms with Gasteiger partial charge in [-0.25, -0.2) is 23.0 Å². The number of fused-ring (bicyclic) bond motifs is 2. The van der Waals surface area contributed by atoms with Gasteiger partial charge in [0.15, 0.2) is 11.3 Å². The van der Waals surface area contributed by atoms with E-state index in [9.17, 15) is 13.0 Å². The van der Waals surface area contributed by atoms with E-state index >= 15 is 0 Å². The van der Waals surface area contributed by atoms with Gasteiger partial charge in [-0.15, -0.1) is 5.10 Å². The minimum Gasteiger partial charge on any atom is -0.378 e. The van der Waals surface area contributed by atoms with Crippen molar-refractivity contribution in [1.82, 2.24) is 29.4 Å². The van der Waals surface area contributed by atoms with Gasteiger partial charge in [-0.2, -0.15) is 10.1 Å². The van der Waals surface area contributed by atoms with E-state index in [0.29, 0.717) is 35.1 Å². The van der Waals surface area contributed by atoms with Crippen LogP contribution in [0, 0.1) is 0 Å². The Bertz CT molecular complexity index is 1340. The van der Waals surface area contributed by atoms with Gasteiger partial charge in [-0.1, -0.05) is 0 Å². The van der Waals surface area contributed by atoms with Crippen molar-refractivity contribution in [2.75, 3.05) is 31.2 Å². The molecule has 6 rings (SSSR count). The fourth-order valence-electron chi connectivity index (χ4n) is 4.03. The summed E-state index contributed by atoms with van der Waals surface area (Å²) in [6.07, 6.45) is 4.24. The van der Waals surface area contributed by atoms with Crippen LogP contribution in [0.15, 0.2) is 41.7 Å². The first-order valence-electron chi connectivity index (χ1n) is 10.3. The number of hydrogen-bond acceptors (Lipinski definition) is 7. The molecule has 4 aromatic rings. The Morgan fingerprint density at radius 3 is 2.75 bits per heavy atom. The van der Waals surface area contributed by atoms with E-state index in [1.54, 1.807) is 21.5 Å². The van der Waals surface area contributed by atoms with Crippen molar-refractivity contribution < 1.29 is 17.7 Å². The van der Waals surface area contributed by atoms with Crippen LogP contribution in [0.25, 0.3) is 22.4 Å². The maximum atomic E-state index is 13.1. The highest BCUT2D eigenvalue weighted by atomic mass is 32.2. The Hall–Kier alpha value is -2.99. The number of morpholine rings is 1. The summed E-state index contributed by atoms with van der Waals surface area (Å²) in [5.74, 6) is -2.05. The zero-order valence-corrected chi connectivity index (χ0v) is 17.7. The molecule has 166 valence electrons. The van der Waals surface area contributed by atoms with E-state index in [4.69, 9.17) is 4.74 Å². The number of pyridine rings is 2. The van der Waals surface area contributed by atoms with Crippen LogP contribution in [-0.2, 0) is 15.5 Å². The summed E-state index contributed by atoms with van der Waals surface area (Å²) in [6.45, 7) is 2.81. The van der Waals surface area contributed by atoms with Gasteiger partial charge in [0.2, 0.25) is 5.95 Å². The standard InChI is InChI=1S/C20H19F2N7O2S/c21-20(22)8-16(9-20)32(30)15-7-13-10-24-29(18(13)23-11-15)14-1-2-17-25-19(26-28(17)12-14)27-3-5-31-6-4-27/h1-2,7,10-12,16H,3-6,8-9H2/t32-/m0/s1. The molecule has 1 atom stereocenters. The molecule has 4 aromatic heterocycles. The molecule has 1 aliphatic heterocycles. The van der Waals surface area contributed by atoms with E-state index in [0.717, 1.165) is 24.4 Å². The number of halogens is 2. The van der Waals surface area contributed by atoms with Crippen molar-refractivity contribution in [3.05, 3.63) is 36.8 Å². The normalized spacial score (nSPS) is 20.0. The average molecular weight is 459 g/mol. The van der Waals surface area contributed by atoms with E-state index in [1.165, 1.54) is 6.20 Å². The molecule has 1 aliphatic carbocycles. The van der Waals surface area contributed by atoms with Gasteiger partial charge in [0.25, 0.3) is 5.92 Å². The first-order valence-corrected chi connectivity index (χ1v) is 11.5. The molecule has 0 unspecified atom stereocenters. The topological polar surface area (TPSA) is 90.4 Å². The third-order valence-corrected chi connectivity index (χ3v) is 7.44. The fraction of sp³-hybridized carbons (Fsp3) is 0.400. The second-order valence-corrected chi connectivity index (χ2v) is 9.76. The Morgan fingerprint density at radius 2 is 1.97 bits per heavy atom. The SMILES string of the molecule is O=[S@@](c1cnc2c(cnn2-c2ccc3nc(N4CCOCC4)nn3c2)c1)C1CC(F)(F)C1. The van der Waals surface area contributed by atoms with Crippen LogP contribution in [0.3, 0.4) is 0 Å². The van der Waals surface area contributed by atoms with Gasteiger partial charge in [0, 0.05) is 37.5 Å². The lowest BCUT2D eigenvalue weighted by molar-refractivity contribution is -0.0676. The summed E-state index contributed by atoms with van der Waals surface area (Å²) in [6, 6.07) is 5.45. The largest absolute Gasteiger partial charge is 0.378 e. The van der Waals surface area contributed by atoms with Crippen LogP contribution < -0.4 is 4.90 Å². The maximum Gasteiger partial charge on any atom is 0.250 e. The van der Waals surface area contributed by atoms with Crippen molar-refractivity contribution in [3.63, 3.8) is 0 Å². The third kappa shape index (κ3) is 3.34. The summed E-state index contributed by atoms with van der Waals surface area (Å²) < 4.78 is 47.6. The monoisotopic (exact) mass is 459 g/mol. The van der Waals surface area contributed by atoms with E-state index in [-0.39, 0.29) is 12.8 Å². The number of aromatic nitrogens is 6. The lowest BCUT2D eigenvalue weighted by atomic mass is 9.94. The number of rotatable bonds is 4. The van der Waals surface area contributed by atoms with Crippen LogP contribution in [0.2, 0.25) is 0 Å². The summed E-state index contributed by atoms with van der Waals surface area (Å²) in [4.78, 5) is 11.5. The second kappa shape index (κ2) is 7.27. The van der Waals surface area contributed by atoms with E-state index in [2.05, 4.69) is 25.1 Å². The van der Waals surface area contributed by atoms with Crippen LogP contribution in [0.4, 0.5) is 14.7 Å². The lowest BCUT2D eigenvalue weighted by Gasteiger charge is -2.33. The molecule has 0 N–H and O–H groups in total. The van der Waals surface area contributed by atoms with Gasteiger partial charge in [-0.3, -0.25) is 4.21 Å². The summed E-state index contributed by atoms with van der Waals surface area (Å²) in [7, 11) is -1.51. The number of alkyl halides is 2. The van der Waals surface area contributed by atoms with Crippen molar-refractivity contribution in [2.24, 2.45) is 0 Å². The third-order valence-electron chi connectivity index (χ3n) is 5.81. The minimum atomic E-state index is -2.70. The van der Waals surface area contributed by atoms with Crippen molar-refractivity contribution in [1.29, 1.82) is 0 Å². The molecule has 0 spiro atoms. The molecule has 1 saturated carbocycles. The average Bonchev–Trinajstić information content (AvgIpc) is 3.40. The molecule has 9 nitrogen and oxygen atoms in total. The fourth-order valence-corrected chi connectivity index (χ4v) is 5.61.